The molecule has 3 nitrogen and oxygen atoms in total. The van der Waals surface area contributed by atoms with Crippen molar-refractivity contribution < 1.29 is 4.42 Å². The van der Waals surface area contributed by atoms with Gasteiger partial charge in [-0.2, -0.15) is 0 Å². The van der Waals surface area contributed by atoms with E-state index in [4.69, 9.17) is 16.0 Å². The number of aromatic nitrogens is 1. The van der Waals surface area contributed by atoms with E-state index in [0.717, 1.165) is 47.2 Å². The van der Waals surface area contributed by atoms with Crippen LogP contribution in [0.1, 0.15) is 31.7 Å². The third-order valence-electron chi connectivity index (χ3n) is 3.13. The fourth-order valence-electron chi connectivity index (χ4n) is 1.94. The number of nitrogens with one attached hydrogen (secondary N) is 1. The highest BCUT2D eigenvalue weighted by atomic mass is 35.5. The fourth-order valence-corrected chi connectivity index (χ4v) is 2.12. The lowest BCUT2D eigenvalue weighted by molar-refractivity contribution is 0.484. The SMILES string of the molecule is Cc1ccc(-c2cnc(CCCNC(C)C)o2)cc1Cl. The Labute approximate surface area is 125 Å². The third kappa shape index (κ3) is 4.09. The Morgan fingerprint density at radius 3 is 2.85 bits per heavy atom. The Bertz CT molecular complexity index is 563. The van der Waals surface area contributed by atoms with E-state index in [-0.39, 0.29) is 0 Å². The average Bonchev–Trinajstić information content (AvgIpc) is 2.86. The maximum absolute atomic E-state index is 6.13. The van der Waals surface area contributed by atoms with Crippen molar-refractivity contribution in [3.8, 4) is 11.3 Å². The summed E-state index contributed by atoms with van der Waals surface area (Å²) >= 11 is 6.13. The largest absolute Gasteiger partial charge is 0.441 e. The molecular weight excluding hydrogens is 272 g/mol. The van der Waals surface area contributed by atoms with Crippen molar-refractivity contribution in [3.05, 3.63) is 40.9 Å². The second-order valence-electron chi connectivity index (χ2n) is 5.29. The minimum absolute atomic E-state index is 0.518. The van der Waals surface area contributed by atoms with E-state index >= 15 is 0 Å². The van der Waals surface area contributed by atoms with Gasteiger partial charge in [-0.05, 0) is 31.5 Å². The quantitative estimate of drug-likeness (QED) is 0.810. The Hall–Kier alpha value is -1.32. The summed E-state index contributed by atoms with van der Waals surface area (Å²) in [5.74, 6) is 1.56. The molecule has 0 amide bonds. The predicted molar refractivity (Wildman–Crippen MR) is 83.1 cm³/mol. The van der Waals surface area contributed by atoms with Gasteiger partial charge in [0.1, 0.15) is 0 Å². The van der Waals surface area contributed by atoms with Crippen LogP contribution < -0.4 is 5.32 Å². The maximum atomic E-state index is 6.13. The first kappa shape index (κ1) is 15.1. The molecule has 1 N–H and O–H groups in total. The van der Waals surface area contributed by atoms with E-state index in [0.29, 0.717) is 6.04 Å². The van der Waals surface area contributed by atoms with Crippen LogP contribution >= 0.6 is 11.6 Å². The summed E-state index contributed by atoms with van der Waals surface area (Å²) < 4.78 is 5.77. The smallest absolute Gasteiger partial charge is 0.194 e. The number of hydrogen-bond donors (Lipinski definition) is 1. The summed E-state index contributed by atoms with van der Waals surface area (Å²) in [5, 5.41) is 4.13. The van der Waals surface area contributed by atoms with Gasteiger partial charge in [0, 0.05) is 23.0 Å². The predicted octanol–water partition coefficient (Wildman–Crippen LogP) is 4.23. The minimum atomic E-state index is 0.518. The highest BCUT2D eigenvalue weighted by Gasteiger charge is 2.07. The van der Waals surface area contributed by atoms with Crippen molar-refractivity contribution >= 4 is 11.6 Å². The van der Waals surface area contributed by atoms with Crippen LogP contribution in [-0.4, -0.2) is 17.6 Å². The fraction of sp³-hybridized carbons (Fsp3) is 0.438. The molecule has 0 bridgehead atoms. The molecule has 0 saturated carbocycles. The van der Waals surface area contributed by atoms with Crippen LogP contribution in [0.15, 0.2) is 28.8 Å². The van der Waals surface area contributed by atoms with Gasteiger partial charge in [0.15, 0.2) is 11.7 Å². The summed E-state index contributed by atoms with van der Waals surface area (Å²) in [6.07, 6.45) is 3.64. The summed E-state index contributed by atoms with van der Waals surface area (Å²) in [4.78, 5) is 4.32. The Morgan fingerprint density at radius 2 is 2.15 bits per heavy atom. The zero-order valence-electron chi connectivity index (χ0n) is 12.2. The van der Waals surface area contributed by atoms with Gasteiger partial charge < -0.3 is 9.73 Å². The molecular formula is C16H21ClN2O. The first-order chi connectivity index (χ1) is 9.56. The van der Waals surface area contributed by atoms with Gasteiger partial charge in [-0.3, -0.25) is 0 Å². The van der Waals surface area contributed by atoms with Crippen molar-refractivity contribution in [2.24, 2.45) is 0 Å². The van der Waals surface area contributed by atoms with Crippen LogP contribution in [0, 0.1) is 6.92 Å². The second-order valence-corrected chi connectivity index (χ2v) is 5.70. The molecule has 108 valence electrons. The number of nitrogens with zero attached hydrogens (tertiary/aromatic N) is 1. The zero-order valence-corrected chi connectivity index (χ0v) is 13.0. The molecule has 0 fully saturated rings. The molecule has 1 aromatic heterocycles. The number of rotatable bonds is 6. The van der Waals surface area contributed by atoms with Crippen LogP contribution in [0.4, 0.5) is 0 Å². The molecule has 0 aliphatic carbocycles. The third-order valence-corrected chi connectivity index (χ3v) is 3.54. The standard InChI is InChI=1S/C16H21ClN2O/c1-11(2)18-8-4-5-16-19-10-15(20-16)13-7-6-12(3)14(17)9-13/h6-7,9-11,18H,4-5,8H2,1-3H3. The Morgan fingerprint density at radius 1 is 1.35 bits per heavy atom. The van der Waals surface area contributed by atoms with Crippen LogP contribution in [0.5, 0.6) is 0 Å². The number of hydrogen-bond acceptors (Lipinski definition) is 3. The van der Waals surface area contributed by atoms with Crippen LogP contribution in [0.2, 0.25) is 5.02 Å². The van der Waals surface area contributed by atoms with E-state index in [9.17, 15) is 0 Å². The molecule has 0 unspecified atom stereocenters. The van der Waals surface area contributed by atoms with Gasteiger partial charge >= 0.3 is 0 Å². The van der Waals surface area contributed by atoms with E-state index in [2.05, 4.69) is 24.1 Å². The molecule has 4 heteroatoms. The Kier molecular flexibility index (Phi) is 5.21. The highest BCUT2D eigenvalue weighted by molar-refractivity contribution is 6.31. The van der Waals surface area contributed by atoms with E-state index < -0.39 is 0 Å². The normalized spacial score (nSPS) is 11.2. The molecule has 2 rings (SSSR count). The van der Waals surface area contributed by atoms with Gasteiger partial charge in [0.25, 0.3) is 0 Å². The minimum Gasteiger partial charge on any atom is -0.441 e. The van der Waals surface area contributed by atoms with Crippen molar-refractivity contribution in [2.75, 3.05) is 6.54 Å². The molecule has 1 aromatic carbocycles. The van der Waals surface area contributed by atoms with Gasteiger partial charge in [0.05, 0.1) is 6.20 Å². The lowest BCUT2D eigenvalue weighted by atomic mass is 10.1. The number of benzene rings is 1. The van der Waals surface area contributed by atoms with Crippen molar-refractivity contribution in [1.29, 1.82) is 0 Å². The van der Waals surface area contributed by atoms with E-state index in [1.807, 2.05) is 25.1 Å². The number of halogens is 1. The summed E-state index contributed by atoms with van der Waals surface area (Å²) in [5.41, 5.74) is 2.04. The molecule has 0 saturated heterocycles. The first-order valence-corrected chi connectivity index (χ1v) is 7.38. The molecule has 1 heterocycles. The van der Waals surface area contributed by atoms with Crippen LogP contribution in [-0.2, 0) is 6.42 Å². The summed E-state index contributed by atoms with van der Waals surface area (Å²) in [6.45, 7) is 7.25. The van der Waals surface area contributed by atoms with Gasteiger partial charge in [0.2, 0.25) is 0 Å². The lowest BCUT2D eigenvalue weighted by Gasteiger charge is -2.06. The zero-order chi connectivity index (χ0) is 14.5. The van der Waals surface area contributed by atoms with E-state index in [1.54, 1.807) is 6.20 Å². The molecule has 0 spiro atoms. The monoisotopic (exact) mass is 292 g/mol. The number of oxazole rings is 1. The molecule has 0 aliphatic heterocycles. The Balaban J connectivity index is 1.96. The van der Waals surface area contributed by atoms with Gasteiger partial charge in [-0.25, -0.2) is 4.98 Å². The maximum Gasteiger partial charge on any atom is 0.194 e. The second kappa shape index (κ2) is 6.91. The molecule has 20 heavy (non-hydrogen) atoms. The topological polar surface area (TPSA) is 38.1 Å². The van der Waals surface area contributed by atoms with Crippen molar-refractivity contribution in [3.63, 3.8) is 0 Å². The van der Waals surface area contributed by atoms with E-state index in [1.165, 1.54) is 0 Å². The lowest BCUT2D eigenvalue weighted by Crippen LogP contribution is -2.23. The first-order valence-electron chi connectivity index (χ1n) is 7.01. The average molecular weight is 293 g/mol. The van der Waals surface area contributed by atoms with Crippen LogP contribution in [0.3, 0.4) is 0 Å². The van der Waals surface area contributed by atoms with Crippen molar-refractivity contribution in [1.82, 2.24) is 10.3 Å². The molecule has 0 atom stereocenters. The van der Waals surface area contributed by atoms with Gasteiger partial charge in [-0.15, -0.1) is 0 Å². The van der Waals surface area contributed by atoms with Crippen molar-refractivity contribution in [2.45, 2.75) is 39.7 Å². The molecule has 0 aliphatic rings. The molecule has 0 radical (unpaired) electrons. The molecule has 2 aromatic rings. The summed E-state index contributed by atoms with van der Waals surface area (Å²) in [7, 11) is 0. The summed E-state index contributed by atoms with van der Waals surface area (Å²) in [6, 6.07) is 6.43. The highest BCUT2D eigenvalue weighted by Crippen LogP contribution is 2.26. The van der Waals surface area contributed by atoms with Crippen LogP contribution in [0.25, 0.3) is 11.3 Å². The number of aryl methyl sites for hydroxylation is 2. The van der Waals surface area contributed by atoms with Gasteiger partial charge in [-0.1, -0.05) is 37.6 Å².